The molecule has 5 heteroatoms. The van der Waals surface area contributed by atoms with Gasteiger partial charge in [-0.2, -0.15) is 0 Å². The maximum atomic E-state index is 9.45. The van der Waals surface area contributed by atoms with Crippen molar-refractivity contribution in [2.24, 2.45) is 5.73 Å². The van der Waals surface area contributed by atoms with Crippen LogP contribution in [0.2, 0.25) is 0 Å². The first-order chi connectivity index (χ1) is 3.27. The largest absolute Gasteiger partial charge is 0.871 e. The molecule has 0 saturated heterocycles. The summed E-state index contributed by atoms with van der Waals surface area (Å²) in [7, 11) is -2.18. The summed E-state index contributed by atoms with van der Waals surface area (Å²) in [5.74, 6) is 0. The van der Waals surface area contributed by atoms with Gasteiger partial charge in [0.2, 0.25) is 0 Å². The molecular formula is C2H6BNO3-2. The second kappa shape index (κ2) is 4.07. The summed E-state index contributed by atoms with van der Waals surface area (Å²) in [6.07, 6.45) is 0. The van der Waals surface area contributed by atoms with Gasteiger partial charge >= 0.3 is 0 Å². The van der Waals surface area contributed by atoms with Crippen LogP contribution in [0.15, 0.2) is 0 Å². The highest BCUT2D eigenvalue weighted by molar-refractivity contribution is 6.28. The fourth-order valence-corrected chi connectivity index (χ4v) is 0.164. The number of nitrogens with two attached hydrogens (primary N) is 1. The van der Waals surface area contributed by atoms with Crippen molar-refractivity contribution in [3.63, 3.8) is 0 Å². The Balaban J connectivity index is 2.68. The van der Waals surface area contributed by atoms with Crippen LogP contribution in [0.4, 0.5) is 0 Å². The van der Waals surface area contributed by atoms with Crippen molar-refractivity contribution in [3.05, 3.63) is 0 Å². The second-order valence-corrected chi connectivity index (χ2v) is 0.948. The van der Waals surface area contributed by atoms with Gasteiger partial charge in [0.05, 0.1) is 7.32 Å². The summed E-state index contributed by atoms with van der Waals surface area (Å²) in [6, 6.07) is 0. The van der Waals surface area contributed by atoms with Gasteiger partial charge < -0.3 is 20.4 Å². The molecule has 0 heterocycles. The van der Waals surface area contributed by atoms with Crippen molar-refractivity contribution in [3.8, 4) is 0 Å². The first-order valence-electron chi connectivity index (χ1n) is 1.90. The predicted octanol–water partition coefficient (Wildman–Crippen LogP) is -3.33. The Morgan fingerprint density at radius 1 is 1.57 bits per heavy atom. The molecule has 0 rings (SSSR count). The molecule has 0 amide bonds. The van der Waals surface area contributed by atoms with Crippen molar-refractivity contribution in [1.29, 1.82) is 0 Å². The van der Waals surface area contributed by atoms with Crippen LogP contribution in [0.1, 0.15) is 0 Å². The van der Waals surface area contributed by atoms with Gasteiger partial charge in [-0.25, -0.2) is 0 Å². The van der Waals surface area contributed by atoms with Crippen LogP contribution in [0.5, 0.6) is 0 Å². The third-order valence-corrected chi connectivity index (χ3v) is 0.372. The Morgan fingerprint density at radius 2 is 2.14 bits per heavy atom. The van der Waals surface area contributed by atoms with Gasteiger partial charge in [-0.15, -0.1) is 0 Å². The molecule has 0 aliphatic rings. The summed E-state index contributed by atoms with van der Waals surface area (Å²) < 4.78 is 3.95. The van der Waals surface area contributed by atoms with E-state index in [9.17, 15) is 10.0 Å². The summed E-state index contributed by atoms with van der Waals surface area (Å²) in [6.45, 7) is 0.276. The molecule has 7 heavy (non-hydrogen) atoms. The molecule has 0 atom stereocenters. The smallest absolute Gasteiger partial charge is 0.0605 e. The molecule has 0 unspecified atom stereocenters. The van der Waals surface area contributed by atoms with E-state index in [-0.39, 0.29) is 13.2 Å². The Kier molecular flexibility index (Phi) is 4.02. The lowest BCUT2D eigenvalue weighted by Crippen LogP contribution is -2.48. The molecule has 0 spiro atoms. The van der Waals surface area contributed by atoms with Gasteiger partial charge in [-0.1, -0.05) is 0 Å². The highest BCUT2D eigenvalue weighted by atomic mass is 16.6. The Hall–Kier alpha value is -0.0951. The zero-order chi connectivity index (χ0) is 5.70. The minimum Gasteiger partial charge on any atom is -0.871 e. The highest BCUT2D eigenvalue weighted by Gasteiger charge is 1.74. The molecule has 0 aromatic rings. The van der Waals surface area contributed by atoms with E-state index in [4.69, 9.17) is 5.73 Å². The molecule has 0 bridgehead atoms. The maximum Gasteiger partial charge on any atom is 0.0605 e. The van der Waals surface area contributed by atoms with Gasteiger partial charge in [-0.05, 0) is 0 Å². The van der Waals surface area contributed by atoms with Crippen LogP contribution in [0.25, 0.3) is 0 Å². The van der Waals surface area contributed by atoms with Crippen LogP contribution in [-0.4, -0.2) is 20.5 Å². The van der Waals surface area contributed by atoms with Crippen molar-refractivity contribution >= 4 is 7.32 Å². The van der Waals surface area contributed by atoms with E-state index in [0.717, 1.165) is 0 Å². The first-order valence-corrected chi connectivity index (χ1v) is 1.90. The fraction of sp³-hybridized carbons (Fsp3) is 1.00. The van der Waals surface area contributed by atoms with Crippen molar-refractivity contribution < 1.29 is 14.7 Å². The van der Waals surface area contributed by atoms with Gasteiger partial charge in [0, 0.05) is 13.2 Å². The topological polar surface area (TPSA) is 81.4 Å². The lowest BCUT2D eigenvalue weighted by Gasteiger charge is -2.24. The van der Waals surface area contributed by atoms with E-state index in [2.05, 4.69) is 4.65 Å². The summed E-state index contributed by atoms with van der Waals surface area (Å²) in [5, 5.41) is 18.9. The van der Waals surface area contributed by atoms with Gasteiger partial charge in [0.1, 0.15) is 0 Å². The second-order valence-electron chi connectivity index (χ2n) is 0.948. The maximum absolute atomic E-state index is 9.45. The Labute approximate surface area is 42.1 Å². The molecule has 0 saturated carbocycles. The van der Waals surface area contributed by atoms with Crippen LogP contribution in [0.3, 0.4) is 0 Å². The molecule has 4 nitrogen and oxygen atoms in total. The normalized spacial score (nSPS) is 9.00. The monoisotopic (exact) mass is 103 g/mol. The predicted molar refractivity (Wildman–Crippen MR) is 20.8 cm³/mol. The standard InChI is InChI=1S/C2H6BNO3/c4-1-2-7-3(5)6/h1-2,4H2/q-2. The average Bonchev–Trinajstić information content (AvgIpc) is 1.61. The molecule has 0 aromatic carbocycles. The van der Waals surface area contributed by atoms with E-state index < -0.39 is 7.32 Å². The van der Waals surface area contributed by atoms with Crippen LogP contribution < -0.4 is 15.8 Å². The van der Waals surface area contributed by atoms with E-state index in [1.165, 1.54) is 0 Å². The molecule has 0 aliphatic heterocycles. The quantitative estimate of drug-likeness (QED) is 0.378. The third kappa shape index (κ3) is 5.90. The SMILES string of the molecule is NCCOB([O-])[O-]. The first kappa shape index (κ1) is 6.90. The zero-order valence-electron chi connectivity index (χ0n) is 3.79. The van der Waals surface area contributed by atoms with Gasteiger partial charge in [0.15, 0.2) is 0 Å². The molecule has 0 aromatic heterocycles. The van der Waals surface area contributed by atoms with Crippen LogP contribution >= 0.6 is 0 Å². The number of hydrogen-bond acceptors (Lipinski definition) is 4. The molecule has 0 aliphatic carbocycles. The van der Waals surface area contributed by atoms with Crippen molar-refractivity contribution in [1.82, 2.24) is 0 Å². The number of hydrogen-bond donors (Lipinski definition) is 1. The van der Waals surface area contributed by atoms with Crippen LogP contribution in [-0.2, 0) is 4.65 Å². The minimum absolute atomic E-state index is 0.0532. The Bertz CT molecular complexity index is 41.9. The van der Waals surface area contributed by atoms with E-state index >= 15 is 0 Å². The van der Waals surface area contributed by atoms with E-state index in [1.807, 2.05) is 0 Å². The van der Waals surface area contributed by atoms with Gasteiger partial charge in [-0.3, -0.25) is 0 Å². The summed E-state index contributed by atoms with van der Waals surface area (Å²) in [5.41, 5.74) is 4.87. The molecule has 2 N–H and O–H groups in total. The van der Waals surface area contributed by atoms with Crippen molar-refractivity contribution in [2.75, 3.05) is 13.2 Å². The molecule has 0 fully saturated rings. The fourth-order valence-electron chi connectivity index (χ4n) is 0.164. The van der Waals surface area contributed by atoms with Crippen molar-refractivity contribution in [2.45, 2.75) is 0 Å². The lowest BCUT2D eigenvalue weighted by atomic mass is 10.3. The molecular weight excluding hydrogens is 96.8 g/mol. The van der Waals surface area contributed by atoms with E-state index in [1.54, 1.807) is 0 Å². The van der Waals surface area contributed by atoms with Gasteiger partial charge in [0.25, 0.3) is 0 Å². The summed E-state index contributed by atoms with van der Waals surface area (Å²) >= 11 is 0. The van der Waals surface area contributed by atoms with Crippen LogP contribution in [0, 0.1) is 0 Å². The summed E-state index contributed by atoms with van der Waals surface area (Å²) in [4.78, 5) is 0. The third-order valence-electron chi connectivity index (χ3n) is 0.372. The number of rotatable bonds is 3. The average molecular weight is 103 g/mol. The lowest BCUT2D eigenvalue weighted by molar-refractivity contribution is -0.381. The van der Waals surface area contributed by atoms with E-state index in [0.29, 0.717) is 0 Å². The zero-order valence-corrected chi connectivity index (χ0v) is 3.79. The molecule has 42 valence electrons. The highest BCUT2D eigenvalue weighted by Crippen LogP contribution is 1.61. The minimum atomic E-state index is -2.18. The Morgan fingerprint density at radius 3 is 2.29 bits per heavy atom. The molecule has 0 radical (unpaired) electrons.